The molecule has 0 fully saturated rings. The van der Waals surface area contributed by atoms with Gasteiger partial charge in [0.15, 0.2) is 0 Å². The van der Waals surface area contributed by atoms with E-state index in [9.17, 15) is 9.90 Å². The number of amides is 1. The van der Waals surface area contributed by atoms with Gasteiger partial charge in [-0.25, -0.2) is 0 Å². The van der Waals surface area contributed by atoms with E-state index < -0.39 is 6.10 Å². The zero-order valence-electron chi connectivity index (χ0n) is 13.0. The smallest absolute Gasteiger partial charge is 0.254 e. The van der Waals surface area contributed by atoms with Crippen LogP contribution in [0.25, 0.3) is 0 Å². The number of hydrogen-bond donors (Lipinski definition) is 3. The molecular weight excluding hydrogens is 300 g/mol. The number of benzene rings is 1. The predicted molar refractivity (Wildman–Crippen MR) is 83.4 cm³/mol. The van der Waals surface area contributed by atoms with Gasteiger partial charge in [-0.2, -0.15) is 0 Å². The molecule has 2 aromatic rings. The Morgan fingerprint density at radius 2 is 2.13 bits per heavy atom. The number of aliphatic hydroxyl groups is 1. The van der Waals surface area contributed by atoms with E-state index in [1.54, 1.807) is 24.3 Å². The summed E-state index contributed by atoms with van der Waals surface area (Å²) < 4.78 is 15.5. The number of furan rings is 1. The van der Waals surface area contributed by atoms with Crippen LogP contribution in [0.5, 0.6) is 11.5 Å². The number of nitrogens with two attached hydrogens (primary N) is 1. The van der Waals surface area contributed by atoms with Crippen molar-refractivity contribution in [3.05, 3.63) is 47.4 Å². The Balaban J connectivity index is 2.04. The molecule has 124 valence electrons. The Morgan fingerprint density at radius 3 is 2.74 bits per heavy atom. The van der Waals surface area contributed by atoms with Gasteiger partial charge in [0.1, 0.15) is 29.6 Å². The molecule has 0 radical (unpaired) electrons. The van der Waals surface area contributed by atoms with Crippen molar-refractivity contribution in [3.8, 4) is 11.5 Å². The van der Waals surface area contributed by atoms with Gasteiger partial charge in [-0.3, -0.25) is 4.79 Å². The number of methoxy groups -OCH3 is 2. The maximum Gasteiger partial charge on any atom is 0.254 e. The highest BCUT2D eigenvalue weighted by atomic mass is 16.5. The largest absolute Gasteiger partial charge is 0.497 e. The number of aliphatic hydroxyl groups excluding tert-OH is 1. The summed E-state index contributed by atoms with van der Waals surface area (Å²) in [7, 11) is 3.05. The van der Waals surface area contributed by atoms with Crippen LogP contribution in [0.15, 0.2) is 34.9 Å². The Bertz CT molecular complexity index is 668. The third-order valence-corrected chi connectivity index (χ3v) is 3.37. The van der Waals surface area contributed by atoms with Crippen LogP contribution < -0.4 is 20.5 Å². The van der Waals surface area contributed by atoms with Crippen molar-refractivity contribution in [2.45, 2.75) is 12.6 Å². The minimum absolute atomic E-state index is 0.0193. The second-order valence-corrected chi connectivity index (χ2v) is 4.84. The number of ether oxygens (including phenoxy) is 2. The quantitative estimate of drug-likeness (QED) is 0.708. The highest BCUT2D eigenvalue weighted by molar-refractivity contribution is 5.94. The lowest BCUT2D eigenvalue weighted by Crippen LogP contribution is -2.28. The summed E-state index contributed by atoms with van der Waals surface area (Å²) in [6.07, 6.45) is 0.389. The molecule has 1 aromatic heterocycles. The third-order valence-electron chi connectivity index (χ3n) is 3.37. The molecule has 7 heteroatoms. The summed E-state index contributed by atoms with van der Waals surface area (Å²) >= 11 is 0. The third kappa shape index (κ3) is 4.02. The lowest BCUT2D eigenvalue weighted by atomic mass is 10.1. The van der Waals surface area contributed by atoms with Crippen LogP contribution in [0.2, 0.25) is 0 Å². The summed E-state index contributed by atoms with van der Waals surface area (Å²) in [6, 6.07) is 6.66. The van der Waals surface area contributed by atoms with Crippen LogP contribution >= 0.6 is 0 Å². The maximum absolute atomic E-state index is 12.0. The van der Waals surface area contributed by atoms with Gasteiger partial charge in [0.2, 0.25) is 0 Å². The van der Waals surface area contributed by atoms with E-state index in [0.29, 0.717) is 28.4 Å². The fourth-order valence-electron chi connectivity index (χ4n) is 2.11. The van der Waals surface area contributed by atoms with E-state index >= 15 is 0 Å². The monoisotopic (exact) mass is 320 g/mol. The number of rotatable bonds is 7. The van der Waals surface area contributed by atoms with E-state index in [4.69, 9.17) is 19.6 Å². The summed E-state index contributed by atoms with van der Waals surface area (Å²) in [5.74, 6) is 1.27. The van der Waals surface area contributed by atoms with Crippen LogP contribution in [0.1, 0.15) is 27.8 Å². The minimum atomic E-state index is -0.940. The molecule has 2 rings (SSSR count). The molecule has 1 aromatic carbocycles. The van der Waals surface area contributed by atoms with Crippen molar-refractivity contribution in [2.75, 3.05) is 20.8 Å². The van der Waals surface area contributed by atoms with Crippen molar-refractivity contribution in [3.63, 3.8) is 0 Å². The van der Waals surface area contributed by atoms with Crippen molar-refractivity contribution >= 4 is 5.91 Å². The van der Waals surface area contributed by atoms with Crippen molar-refractivity contribution < 1.29 is 23.8 Å². The van der Waals surface area contributed by atoms with Gasteiger partial charge < -0.3 is 30.0 Å². The van der Waals surface area contributed by atoms with Crippen molar-refractivity contribution in [2.24, 2.45) is 5.73 Å². The topological polar surface area (TPSA) is 107 Å². The summed E-state index contributed by atoms with van der Waals surface area (Å²) in [5, 5.41) is 12.9. The SMILES string of the molecule is COc1ccc(OC)c(C(O)CNC(=O)c2coc(CN)c2)c1. The summed E-state index contributed by atoms with van der Waals surface area (Å²) in [4.78, 5) is 12.0. The van der Waals surface area contributed by atoms with Gasteiger partial charge in [0, 0.05) is 12.1 Å². The average molecular weight is 320 g/mol. The van der Waals surface area contributed by atoms with Gasteiger partial charge in [-0.05, 0) is 24.3 Å². The molecule has 0 saturated heterocycles. The van der Waals surface area contributed by atoms with Gasteiger partial charge in [-0.1, -0.05) is 0 Å². The zero-order chi connectivity index (χ0) is 16.8. The van der Waals surface area contributed by atoms with Gasteiger partial charge in [-0.15, -0.1) is 0 Å². The lowest BCUT2D eigenvalue weighted by Gasteiger charge is -2.16. The number of hydrogen-bond acceptors (Lipinski definition) is 6. The fourth-order valence-corrected chi connectivity index (χ4v) is 2.11. The van der Waals surface area contributed by atoms with Gasteiger partial charge in [0.25, 0.3) is 5.91 Å². The van der Waals surface area contributed by atoms with E-state index in [1.165, 1.54) is 20.5 Å². The Labute approximate surface area is 134 Å². The van der Waals surface area contributed by atoms with E-state index in [0.717, 1.165) is 0 Å². The molecule has 1 unspecified atom stereocenters. The highest BCUT2D eigenvalue weighted by Crippen LogP contribution is 2.29. The molecule has 1 amide bonds. The van der Waals surface area contributed by atoms with Gasteiger partial charge in [0.05, 0.1) is 26.3 Å². The normalized spacial score (nSPS) is 11.8. The molecule has 1 atom stereocenters. The first-order chi connectivity index (χ1) is 11.1. The zero-order valence-corrected chi connectivity index (χ0v) is 13.0. The summed E-state index contributed by atoms with van der Waals surface area (Å²) in [6.45, 7) is 0.239. The average Bonchev–Trinajstić information content (AvgIpc) is 3.08. The van der Waals surface area contributed by atoms with E-state index in [-0.39, 0.29) is 19.0 Å². The summed E-state index contributed by atoms with van der Waals surface area (Å²) in [5.41, 5.74) is 6.32. The van der Waals surface area contributed by atoms with Crippen molar-refractivity contribution in [1.29, 1.82) is 0 Å². The number of nitrogens with one attached hydrogen (secondary N) is 1. The number of carbonyl (C=O) groups excluding carboxylic acids is 1. The number of carbonyl (C=O) groups is 1. The van der Waals surface area contributed by atoms with Crippen molar-refractivity contribution in [1.82, 2.24) is 5.32 Å². The van der Waals surface area contributed by atoms with Crippen LogP contribution in [-0.4, -0.2) is 31.8 Å². The molecule has 7 nitrogen and oxygen atoms in total. The molecule has 0 aliphatic rings. The molecule has 23 heavy (non-hydrogen) atoms. The van der Waals surface area contributed by atoms with E-state index in [2.05, 4.69) is 5.32 Å². The maximum atomic E-state index is 12.0. The first-order valence-corrected chi connectivity index (χ1v) is 7.04. The first-order valence-electron chi connectivity index (χ1n) is 7.04. The van der Waals surface area contributed by atoms with E-state index in [1.807, 2.05) is 0 Å². The Kier molecular flexibility index (Phi) is 5.61. The molecule has 0 saturated carbocycles. The van der Waals surface area contributed by atoms with Crippen LogP contribution in [0.3, 0.4) is 0 Å². The van der Waals surface area contributed by atoms with Crippen LogP contribution in [0.4, 0.5) is 0 Å². The Hall–Kier alpha value is -2.51. The second kappa shape index (κ2) is 7.66. The lowest BCUT2D eigenvalue weighted by molar-refractivity contribution is 0.0914. The first kappa shape index (κ1) is 16.9. The minimum Gasteiger partial charge on any atom is -0.497 e. The molecule has 0 aliphatic heterocycles. The molecule has 4 N–H and O–H groups in total. The second-order valence-electron chi connectivity index (χ2n) is 4.84. The molecule has 0 spiro atoms. The van der Waals surface area contributed by atoms with Crippen LogP contribution in [0, 0.1) is 0 Å². The van der Waals surface area contributed by atoms with Gasteiger partial charge >= 0.3 is 0 Å². The highest BCUT2D eigenvalue weighted by Gasteiger charge is 2.17. The molecular formula is C16H20N2O5. The van der Waals surface area contributed by atoms with Crippen LogP contribution in [-0.2, 0) is 6.54 Å². The molecule has 0 aliphatic carbocycles. The fraction of sp³-hybridized carbons (Fsp3) is 0.312. The molecule has 0 bridgehead atoms. The Morgan fingerprint density at radius 1 is 1.35 bits per heavy atom. The predicted octanol–water partition coefficient (Wildman–Crippen LogP) is 1.22. The molecule has 1 heterocycles. The standard InChI is InChI=1S/C16H20N2O5/c1-21-11-3-4-15(22-2)13(6-11)14(19)8-18-16(20)10-5-12(7-17)23-9-10/h3-6,9,14,19H,7-8,17H2,1-2H3,(H,18,20).